The first-order valence-electron chi connectivity index (χ1n) is 6.72. The minimum Gasteiger partial charge on any atom is -0.339 e. The fourth-order valence-corrected chi connectivity index (χ4v) is 3.31. The van der Waals surface area contributed by atoms with Crippen molar-refractivity contribution in [2.75, 3.05) is 0 Å². The van der Waals surface area contributed by atoms with E-state index in [1.54, 1.807) is 0 Å². The molecule has 100 valence electrons. The molecule has 1 aliphatic carbocycles. The predicted molar refractivity (Wildman–Crippen MR) is 71.5 cm³/mol. The highest BCUT2D eigenvalue weighted by molar-refractivity contribution is 7.99. The second-order valence-corrected chi connectivity index (χ2v) is 6.03. The molecule has 1 saturated carbocycles. The fraction of sp³-hybridized carbons (Fsp3) is 0.769. The third-order valence-corrected chi connectivity index (χ3v) is 4.62. The molecule has 0 N–H and O–H groups in total. The Bertz CT molecular complexity index is 386. The van der Waals surface area contributed by atoms with Crippen LogP contribution in [0.25, 0.3) is 0 Å². The quantitative estimate of drug-likeness (QED) is 0.793. The van der Waals surface area contributed by atoms with Gasteiger partial charge >= 0.3 is 0 Å². The van der Waals surface area contributed by atoms with Gasteiger partial charge in [-0.1, -0.05) is 31.3 Å². The van der Waals surface area contributed by atoms with Crippen LogP contribution in [0.2, 0.25) is 0 Å². The minimum absolute atomic E-state index is 0.144. The van der Waals surface area contributed by atoms with E-state index < -0.39 is 0 Å². The van der Waals surface area contributed by atoms with E-state index >= 15 is 0 Å². The predicted octanol–water partition coefficient (Wildman–Crippen LogP) is 3.16. The monoisotopic (exact) mass is 268 g/mol. The minimum atomic E-state index is 0.144. The second kappa shape index (κ2) is 6.92. The molecule has 1 aromatic heterocycles. The van der Waals surface area contributed by atoms with Crippen molar-refractivity contribution in [3.8, 4) is 0 Å². The summed E-state index contributed by atoms with van der Waals surface area (Å²) >= 11 is 1.92. The number of carbonyl (C=O) groups excluding carboxylic acids is 1. The molecule has 0 atom stereocenters. The summed E-state index contributed by atoms with van der Waals surface area (Å²) in [5, 5.41) is 4.68. The summed E-state index contributed by atoms with van der Waals surface area (Å²) in [4.78, 5) is 15.5. The topological polar surface area (TPSA) is 56.0 Å². The number of hydrogen-bond acceptors (Lipinski definition) is 5. The van der Waals surface area contributed by atoms with Crippen LogP contribution in [-0.2, 0) is 17.0 Å². The Balaban J connectivity index is 1.77. The highest BCUT2D eigenvalue weighted by atomic mass is 32.2. The van der Waals surface area contributed by atoms with Crippen molar-refractivity contribution in [1.82, 2.24) is 10.1 Å². The van der Waals surface area contributed by atoms with Crippen molar-refractivity contribution in [2.45, 2.75) is 62.9 Å². The first kappa shape index (κ1) is 13.6. The smallest absolute Gasteiger partial charge is 0.234 e. The first-order chi connectivity index (χ1) is 8.78. The molecule has 1 aliphatic rings. The van der Waals surface area contributed by atoms with Gasteiger partial charge in [-0.05, 0) is 12.8 Å². The highest BCUT2D eigenvalue weighted by Gasteiger charge is 2.16. The Labute approximate surface area is 112 Å². The Morgan fingerprint density at radius 1 is 1.39 bits per heavy atom. The molecule has 0 bridgehead atoms. The van der Waals surface area contributed by atoms with Crippen LogP contribution in [-0.4, -0.2) is 21.2 Å². The zero-order valence-electron chi connectivity index (χ0n) is 10.9. The fourth-order valence-electron chi connectivity index (χ4n) is 2.14. The van der Waals surface area contributed by atoms with Crippen LogP contribution >= 0.6 is 11.8 Å². The number of ketones is 1. The highest BCUT2D eigenvalue weighted by Crippen LogP contribution is 2.29. The number of rotatable bonds is 6. The van der Waals surface area contributed by atoms with Gasteiger partial charge in [0.2, 0.25) is 5.89 Å². The van der Waals surface area contributed by atoms with E-state index in [1.807, 2.05) is 18.7 Å². The van der Waals surface area contributed by atoms with Crippen LogP contribution < -0.4 is 0 Å². The summed E-state index contributed by atoms with van der Waals surface area (Å²) in [5.41, 5.74) is 0. The maximum atomic E-state index is 11.3. The molecule has 0 radical (unpaired) electrons. The molecule has 0 aromatic carbocycles. The molecule has 1 fully saturated rings. The largest absolute Gasteiger partial charge is 0.339 e. The van der Waals surface area contributed by atoms with E-state index in [4.69, 9.17) is 4.52 Å². The molecule has 1 heterocycles. The van der Waals surface area contributed by atoms with Crippen LogP contribution in [0.3, 0.4) is 0 Å². The van der Waals surface area contributed by atoms with E-state index in [1.165, 1.54) is 32.1 Å². The van der Waals surface area contributed by atoms with Crippen molar-refractivity contribution in [2.24, 2.45) is 0 Å². The third kappa shape index (κ3) is 4.12. The lowest BCUT2D eigenvalue weighted by atomic mass is 10.0. The molecule has 0 unspecified atom stereocenters. The van der Waals surface area contributed by atoms with Gasteiger partial charge in [0.05, 0.1) is 12.2 Å². The van der Waals surface area contributed by atoms with E-state index in [9.17, 15) is 4.79 Å². The second-order valence-electron chi connectivity index (χ2n) is 4.74. The Hall–Kier alpha value is -0.840. The number of carbonyl (C=O) groups is 1. The molecule has 0 aliphatic heterocycles. The molecule has 0 spiro atoms. The molecule has 0 amide bonds. The summed E-state index contributed by atoms with van der Waals surface area (Å²) in [6.07, 6.45) is 7.49. The lowest BCUT2D eigenvalue weighted by molar-refractivity contribution is -0.118. The van der Waals surface area contributed by atoms with Crippen molar-refractivity contribution in [3.63, 3.8) is 0 Å². The third-order valence-electron chi connectivity index (χ3n) is 3.25. The molecule has 18 heavy (non-hydrogen) atoms. The molecule has 5 heteroatoms. The van der Waals surface area contributed by atoms with E-state index in [-0.39, 0.29) is 12.2 Å². The molecular formula is C13H20N2O2S. The Morgan fingerprint density at radius 2 is 2.17 bits per heavy atom. The van der Waals surface area contributed by atoms with Gasteiger partial charge < -0.3 is 4.52 Å². The zero-order valence-corrected chi connectivity index (χ0v) is 11.7. The van der Waals surface area contributed by atoms with Crippen molar-refractivity contribution in [3.05, 3.63) is 11.7 Å². The van der Waals surface area contributed by atoms with Gasteiger partial charge in [0.15, 0.2) is 5.82 Å². The lowest BCUT2D eigenvalue weighted by Crippen LogP contribution is -2.08. The summed E-state index contributed by atoms with van der Waals surface area (Å²) in [5.74, 6) is 2.13. The summed E-state index contributed by atoms with van der Waals surface area (Å²) < 4.78 is 5.08. The van der Waals surface area contributed by atoms with Gasteiger partial charge in [-0.15, -0.1) is 0 Å². The number of hydrogen-bond donors (Lipinski definition) is 0. The van der Waals surface area contributed by atoms with Crippen molar-refractivity contribution in [1.29, 1.82) is 0 Å². The molecule has 2 rings (SSSR count). The summed E-state index contributed by atoms with van der Waals surface area (Å²) in [6, 6.07) is 0. The van der Waals surface area contributed by atoms with Crippen LogP contribution in [0.1, 0.15) is 57.2 Å². The molecule has 4 nitrogen and oxygen atoms in total. The molecular weight excluding hydrogens is 248 g/mol. The van der Waals surface area contributed by atoms with Gasteiger partial charge in [-0.3, -0.25) is 4.79 Å². The maximum Gasteiger partial charge on any atom is 0.234 e. The van der Waals surface area contributed by atoms with E-state index in [2.05, 4.69) is 10.1 Å². The SMILES string of the molecule is CCC(=O)Cc1nc(CSC2CCCCC2)no1. The summed E-state index contributed by atoms with van der Waals surface area (Å²) in [7, 11) is 0. The van der Waals surface area contributed by atoms with Gasteiger partial charge in [0.1, 0.15) is 5.78 Å². The van der Waals surface area contributed by atoms with Crippen molar-refractivity contribution >= 4 is 17.5 Å². The van der Waals surface area contributed by atoms with Gasteiger partial charge in [-0.2, -0.15) is 16.7 Å². The van der Waals surface area contributed by atoms with E-state index in [0.717, 1.165) is 16.8 Å². The van der Waals surface area contributed by atoms with Crippen LogP contribution in [0.4, 0.5) is 0 Å². The Morgan fingerprint density at radius 3 is 2.89 bits per heavy atom. The molecule has 0 saturated heterocycles. The van der Waals surface area contributed by atoms with Gasteiger partial charge in [0, 0.05) is 11.7 Å². The standard InChI is InChI=1S/C13H20N2O2S/c1-2-10(16)8-13-14-12(15-17-13)9-18-11-6-4-3-5-7-11/h11H,2-9H2,1H3. The maximum absolute atomic E-state index is 11.3. The number of thioether (sulfide) groups is 1. The van der Waals surface area contributed by atoms with Gasteiger partial charge in [-0.25, -0.2) is 0 Å². The lowest BCUT2D eigenvalue weighted by Gasteiger charge is -2.19. The first-order valence-corrected chi connectivity index (χ1v) is 7.77. The summed E-state index contributed by atoms with van der Waals surface area (Å²) in [6.45, 7) is 1.85. The number of nitrogens with zero attached hydrogens (tertiary/aromatic N) is 2. The number of aromatic nitrogens is 2. The van der Waals surface area contributed by atoms with Crippen LogP contribution in [0.15, 0.2) is 4.52 Å². The average Bonchev–Trinajstić information content (AvgIpc) is 2.85. The Kier molecular flexibility index (Phi) is 5.23. The van der Waals surface area contributed by atoms with E-state index in [0.29, 0.717) is 12.3 Å². The van der Waals surface area contributed by atoms with Gasteiger partial charge in [0.25, 0.3) is 0 Å². The zero-order chi connectivity index (χ0) is 12.8. The normalized spacial score (nSPS) is 16.9. The van der Waals surface area contributed by atoms with Crippen LogP contribution in [0, 0.1) is 0 Å². The molecule has 1 aromatic rings. The number of Topliss-reactive ketones (excluding diaryl/α,β-unsaturated/α-hetero) is 1. The average molecular weight is 268 g/mol. The van der Waals surface area contributed by atoms with Crippen LogP contribution in [0.5, 0.6) is 0 Å². The van der Waals surface area contributed by atoms with Crippen molar-refractivity contribution < 1.29 is 9.32 Å².